The first-order chi connectivity index (χ1) is 7.58. The van der Waals surface area contributed by atoms with E-state index in [-0.39, 0.29) is 6.10 Å². The zero-order valence-corrected chi connectivity index (χ0v) is 13.5. The predicted molar refractivity (Wildman–Crippen MR) is 77.0 cm³/mol. The summed E-state index contributed by atoms with van der Waals surface area (Å²) in [6.07, 6.45) is 1.32. The van der Waals surface area contributed by atoms with Crippen LogP contribution < -0.4 is 5.32 Å². The lowest BCUT2D eigenvalue weighted by Crippen LogP contribution is -2.27. The second-order valence-electron chi connectivity index (χ2n) is 3.86. The molecule has 1 heterocycles. The minimum absolute atomic E-state index is 0.266. The maximum absolute atomic E-state index is 5.54. The van der Waals surface area contributed by atoms with Crippen LogP contribution in [0.2, 0.25) is 0 Å². The Kier molecular flexibility index (Phi) is 4.32. The number of anilines is 1. The highest BCUT2D eigenvalue weighted by Gasteiger charge is 2.25. The molecule has 2 unspecified atom stereocenters. The highest BCUT2D eigenvalue weighted by Crippen LogP contribution is 2.35. The zero-order chi connectivity index (χ0) is 11.7. The van der Waals surface area contributed by atoms with Gasteiger partial charge in [-0.2, -0.15) is 0 Å². The first kappa shape index (κ1) is 12.9. The van der Waals surface area contributed by atoms with Crippen molar-refractivity contribution in [2.24, 2.45) is 0 Å². The molecular weight excluding hydrogens is 402 g/mol. The third-order valence-electron chi connectivity index (χ3n) is 2.71. The molecule has 1 N–H and O–H groups in total. The topological polar surface area (TPSA) is 21.3 Å². The van der Waals surface area contributed by atoms with E-state index in [1.807, 2.05) is 12.1 Å². The van der Waals surface area contributed by atoms with Crippen LogP contribution in [0.1, 0.15) is 13.3 Å². The molecule has 2 atom stereocenters. The molecule has 2 nitrogen and oxygen atoms in total. The molecule has 1 aromatic carbocycles. The molecule has 5 heteroatoms. The van der Waals surface area contributed by atoms with E-state index in [1.54, 1.807) is 0 Å². The Bertz CT molecular complexity index is 374. The summed E-state index contributed by atoms with van der Waals surface area (Å²) in [6.45, 7) is 2.94. The fraction of sp³-hybridized carbons (Fsp3) is 0.455. The van der Waals surface area contributed by atoms with Crippen molar-refractivity contribution in [2.45, 2.75) is 25.5 Å². The van der Waals surface area contributed by atoms with Crippen LogP contribution in [0.3, 0.4) is 0 Å². The van der Waals surface area contributed by atoms with Gasteiger partial charge < -0.3 is 10.1 Å². The summed E-state index contributed by atoms with van der Waals surface area (Å²) in [6, 6.07) is 4.45. The molecule has 0 saturated carbocycles. The molecule has 0 radical (unpaired) electrons. The van der Waals surface area contributed by atoms with E-state index in [0.29, 0.717) is 6.04 Å². The number of rotatable bonds is 2. The maximum Gasteiger partial charge on any atom is 0.0748 e. The molecule has 1 aromatic rings. The van der Waals surface area contributed by atoms with E-state index in [1.165, 1.54) is 0 Å². The lowest BCUT2D eigenvalue weighted by Gasteiger charge is -2.19. The fourth-order valence-electron chi connectivity index (χ4n) is 1.79. The van der Waals surface area contributed by atoms with Crippen molar-refractivity contribution in [1.29, 1.82) is 0 Å². The van der Waals surface area contributed by atoms with Gasteiger partial charge in [0.15, 0.2) is 0 Å². The highest BCUT2D eigenvalue weighted by atomic mass is 79.9. The minimum atomic E-state index is 0.266. The SMILES string of the molecule is CC1OCCC1Nc1c(Br)cc(Br)cc1Br. The van der Waals surface area contributed by atoms with Crippen molar-refractivity contribution in [3.8, 4) is 0 Å². The van der Waals surface area contributed by atoms with E-state index in [9.17, 15) is 0 Å². The van der Waals surface area contributed by atoms with E-state index in [4.69, 9.17) is 4.74 Å². The zero-order valence-electron chi connectivity index (χ0n) is 8.77. The average molecular weight is 414 g/mol. The molecule has 1 aliphatic rings. The van der Waals surface area contributed by atoms with Crippen molar-refractivity contribution in [2.75, 3.05) is 11.9 Å². The average Bonchev–Trinajstić information content (AvgIpc) is 2.57. The molecule has 0 amide bonds. The van der Waals surface area contributed by atoms with Crippen molar-refractivity contribution < 1.29 is 4.74 Å². The smallest absolute Gasteiger partial charge is 0.0748 e. The van der Waals surface area contributed by atoms with Gasteiger partial charge in [0.1, 0.15) is 0 Å². The summed E-state index contributed by atoms with van der Waals surface area (Å²) in [7, 11) is 0. The maximum atomic E-state index is 5.54. The third-order valence-corrected chi connectivity index (χ3v) is 4.42. The molecular formula is C11H12Br3NO. The molecule has 1 saturated heterocycles. The summed E-state index contributed by atoms with van der Waals surface area (Å²) < 4.78 is 8.69. The summed E-state index contributed by atoms with van der Waals surface area (Å²) in [5, 5.41) is 3.51. The van der Waals surface area contributed by atoms with Gasteiger partial charge in [-0.25, -0.2) is 0 Å². The van der Waals surface area contributed by atoms with E-state index < -0.39 is 0 Å². The monoisotopic (exact) mass is 411 g/mol. The Morgan fingerprint density at radius 3 is 2.38 bits per heavy atom. The Morgan fingerprint density at radius 1 is 1.25 bits per heavy atom. The molecule has 0 aliphatic carbocycles. The minimum Gasteiger partial charge on any atom is -0.378 e. The molecule has 0 bridgehead atoms. The van der Waals surface area contributed by atoms with Gasteiger partial charge in [0.2, 0.25) is 0 Å². The van der Waals surface area contributed by atoms with Crippen LogP contribution in [-0.4, -0.2) is 18.8 Å². The van der Waals surface area contributed by atoms with Gasteiger partial charge in [-0.1, -0.05) is 15.9 Å². The van der Waals surface area contributed by atoms with Crippen LogP contribution in [0.25, 0.3) is 0 Å². The number of benzene rings is 1. The summed E-state index contributed by atoms with van der Waals surface area (Å²) in [5.41, 5.74) is 1.09. The number of halogens is 3. The predicted octanol–water partition coefficient (Wildman–Crippen LogP) is 4.56. The van der Waals surface area contributed by atoms with Crippen molar-refractivity contribution in [1.82, 2.24) is 0 Å². The normalized spacial score (nSPS) is 24.8. The Labute approximate surface area is 121 Å². The van der Waals surface area contributed by atoms with E-state index in [0.717, 1.165) is 32.1 Å². The quantitative estimate of drug-likeness (QED) is 0.767. The molecule has 0 spiro atoms. The van der Waals surface area contributed by atoms with Crippen LogP contribution in [0.5, 0.6) is 0 Å². The van der Waals surface area contributed by atoms with Crippen molar-refractivity contribution in [3.63, 3.8) is 0 Å². The van der Waals surface area contributed by atoms with Gasteiger partial charge in [0.25, 0.3) is 0 Å². The van der Waals surface area contributed by atoms with E-state index >= 15 is 0 Å². The third kappa shape index (κ3) is 2.81. The largest absolute Gasteiger partial charge is 0.378 e. The Balaban J connectivity index is 2.21. The molecule has 88 valence electrons. The van der Waals surface area contributed by atoms with Crippen molar-refractivity contribution >= 4 is 53.5 Å². The molecule has 2 rings (SSSR count). The molecule has 0 aromatic heterocycles. The second-order valence-corrected chi connectivity index (χ2v) is 6.48. The molecule has 1 fully saturated rings. The van der Waals surface area contributed by atoms with E-state index in [2.05, 4.69) is 60.0 Å². The number of hydrogen-bond acceptors (Lipinski definition) is 2. The second kappa shape index (κ2) is 5.38. The van der Waals surface area contributed by atoms with Crippen LogP contribution >= 0.6 is 47.8 Å². The number of ether oxygens (including phenoxy) is 1. The summed E-state index contributed by atoms with van der Waals surface area (Å²) in [4.78, 5) is 0. The highest BCUT2D eigenvalue weighted by molar-refractivity contribution is 9.11. The van der Waals surface area contributed by atoms with Gasteiger partial charge in [0.05, 0.1) is 17.8 Å². The lowest BCUT2D eigenvalue weighted by atomic mass is 10.1. The first-order valence-electron chi connectivity index (χ1n) is 5.10. The van der Waals surface area contributed by atoms with Crippen LogP contribution in [0.15, 0.2) is 25.6 Å². The Morgan fingerprint density at radius 2 is 1.88 bits per heavy atom. The molecule has 1 aliphatic heterocycles. The van der Waals surface area contributed by atoms with Crippen LogP contribution in [0.4, 0.5) is 5.69 Å². The van der Waals surface area contributed by atoms with Gasteiger partial charge in [-0.15, -0.1) is 0 Å². The fourth-order valence-corrected chi connectivity index (χ4v) is 4.27. The van der Waals surface area contributed by atoms with Gasteiger partial charge in [-0.05, 0) is 57.3 Å². The standard InChI is InChI=1S/C11H12Br3NO/c1-6-10(2-3-16-6)15-11-8(13)4-7(12)5-9(11)14/h4-6,10,15H,2-3H2,1H3. The van der Waals surface area contributed by atoms with Crippen LogP contribution in [-0.2, 0) is 4.74 Å². The molecule has 16 heavy (non-hydrogen) atoms. The summed E-state index contributed by atoms with van der Waals surface area (Å²) >= 11 is 10.6. The van der Waals surface area contributed by atoms with Crippen molar-refractivity contribution in [3.05, 3.63) is 25.6 Å². The number of nitrogens with one attached hydrogen (secondary N) is 1. The number of hydrogen-bond donors (Lipinski definition) is 1. The lowest BCUT2D eigenvalue weighted by molar-refractivity contribution is 0.121. The summed E-state index contributed by atoms with van der Waals surface area (Å²) in [5.74, 6) is 0. The van der Waals surface area contributed by atoms with Gasteiger partial charge >= 0.3 is 0 Å². The Hall–Kier alpha value is 0.420. The first-order valence-corrected chi connectivity index (χ1v) is 7.48. The van der Waals surface area contributed by atoms with Crippen LogP contribution in [0, 0.1) is 0 Å². The van der Waals surface area contributed by atoms with Gasteiger partial charge in [-0.3, -0.25) is 0 Å². The van der Waals surface area contributed by atoms with Gasteiger partial charge in [0, 0.05) is 20.0 Å².